The largest absolute Gasteiger partial charge is 0.463 e. The molecule has 4 nitrogen and oxygen atoms in total. The van der Waals surface area contributed by atoms with Crippen LogP contribution in [0.15, 0.2) is 12.2 Å². The van der Waals surface area contributed by atoms with Crippen LogP contribution < -0.4 is 0 Å². The normalized spacial score (nSPS) is 17.4. The van der Waals surface area contributed by atoms with Crippen molar-refractivity contribution in [3.05, 3.63) is 12.2 Å². The zero-order valence-electron chi connectivity index (χ0n) is 17.6. The average Bonchev–Trinajstić information content (AvgIpc) is 2.70. The Hall–Kier alpha value is -0.870. The Labute approximate surface area is 167 Å². The van der Waals surface area contributed by atoms with E-state index in [1.807, 2.05) is 0 Å². The van der Waals surface area contributed by atoms with Crippen LogP contribution in [0.5, 0.6) is 0 Å². The molecule has 0 aromatic heterocycles. The predicted molar refractivity (Wildman–Crippen MR) is 111 cm³/mol. The summed E-state index contributed by atoms with van der Waals surface area (Å²) < 4.78 is 16.0. The number of unbranched alkanes of at least 4 members (excludes halogenated alkanes) is 11. The van der Waals surface area contributed by atoms with Crippen molar-refractivity contribution in [1.29, 1.82) is 0 Å². The molecule has 1 heterocycles. The second kappa shape index (κ2) is 18.5. The van der Waals surface area contributed by atoms with E-state index in [0.717, 1.165) is 12.8 Å². The average molecular weight is 383 g/mol. The SMILES string of the molecule is CCCCCCCC/C=C\CCCCCCCC(=O)OCC1COCCO1. The molecule has 1 unspecified atom stereocenters. The van der Waals surface area contributed by atoms with Gasteiger partial charge in [0, 0.05) is 6.42 Å². The highest BCUT2D eigenvalue weighted by Gasteiger charge is 2.16. The third kappa shape index (κ3) is 15.8. The zero-order chi connectivity index (χ0) is 19.4. The van der Waals surface area contributed by atoms with E-state index in [2.05, 4.69) is 19.1 Å². The molecule has 27 heavy (non-hydrogen) atoms. The number of carbonyl (C=O) groups excluding carboxylic acids is 1. The fourth-order valence-corrected chi connectivity index (χ4v) is 3.23. The standard InChI is InChI=1S/C23H42O4/c1-2-3-4-5-6-7-8-9-10-11-12-13-14-15-16-17-23(24)27-21-22-20-25-18-19-26-22/h9-10,22H,2-8,11-21H2,1H3/b10-9-. The molecule has 0 N–H and O–H groups in total. The van der Waals surface area contributed by atoms with Crippen LogP contribution in [-0.4, -0.2) is 38.5 Å². The van der Waals surface area contributed by atoms with Crippen molar-refractivity contribution in [3.8, 4) is 0 Å². The molecule has 158 valence electrons. The molecule has 1 aliphatic heterocycles. The quantitative estimate of drug-likeness (QED) is 0.176. The Morgan fingerprint density at radius 3 is 2.15 bits per heavy atom. The van der Waals surface area contributed by atoms with Gasteiger partial charge in [-0.05, 0) is 32.1 Å². The van der Waals surface area contributed by atoms with Crippen molar-refractivity contribution in [2.75, 3.05) is 26.4 Å². The smallest absolute Gasteiger partial charge is 0.305 e. The number of esters is 1. The highest BCUT2D eigenvalue weighted by atomic mass is 16.6. The molecular formula is C23H42O4. The molecule has 1 saturated heterocycles. The summed E-state index contributed by atoms with van der Waals surface area (Å²) in [4.78, 5) is 11.7. The molecule has 1 aliphatic rings. The molecular weight excluding hydrogens is 340 g/mol. The summed E-state index contributed by atoms with van der Waals surface area (Å²) in [6.07, 6.45) is 21.6. The first-order chi connectivity index (χ1) is 13.3. The summed E-state index contributed by atoms with van der Waals surface area (Å²) >= 11 is 0. The van der Waals surface area contributed by atoms with Crippen molar-refractivity contribution in [1.82, 2.24) is 0 Å². The van der Waals surface area contributed by atoms with Crippen LogP contribution in [0.1, 0.15) is 96.8 Å². The summed E-state index contributed by atoms with van der Waals surface area (Å²) in [5, 5.41) is 0. The molecule has 0 amide bonds. The highest BCUT2D eigenvalue weighted by Crippen LogP contribution is 2.10. The Morgan fingerprint density at radius 1 is 0.889 bits per heavy atom. The first-order valence-electron chi connectivity index (χ1n) is 11.3. The maximum Gasteiger partial charge on any atom is 0.305 e. The zero-order valence-corrected chi connectivity index (χ0v) is 17.6. The molecule has 0 radical (unpaired) electrons. The van der Waals surface area contributed by atoms with Crippen LogP contribution in [0.4, 0.5) is 0 Å². The van der Waals surface area contributed by atoms with E-state index < -0.39 is 0 Å². The van der Waals surface area contributed by atoms with Crippen molar-refractivity contribution in [2.24, 2.45) is 0 Å². The Balaban J connectivity index is 1.78. The molecule has 0 aromatic rings. The van der Waals surface area contributed by atoms with Gasteiger partial charge in [-0.2, -0.15) is 0 Å². The van der Waals surface area contributed by atoms with Gasteiger partial charge in [0.15, 0.2) is 0 Å². The summed E-state index contributed by atoms with van der Waals surface area (Å²) in [6, 6.07) is 0. The van der Waals surface area contributed by atoms with Crippen molar-refractivity contribution in [2.45, 2.75) is 103 Å². The van der Waals surface area contributed by atoms with E-state index >= 15 is 0 Å². The second-order valence-electron chi connectivity index (χ2n) is 7.59. The number of allylic oxidation sites excluding steroid dienone is 2. The van der Waals surface area contributed by atoms with Crippen LogP contribution in [0, 0.1) is 0 Å². The van der Waals surface area contributed by atoms with Gasteiger partial charge in [0.1, 0.15) is 12.7 Å². The van der Waals surface area contributed by atoms with Crippen LogP contribution in [-0.2, 0) is 19.0 Å². The van der Waals surface area contributed by atoms with Crippen molar-refractivity contribution < 1.29 is 19.0 Å². The fraction of sp³-hybridized carbons (Fsp3) is 0.870. The maximum atomic E-state index is 11.7. The number of hydrogen-bond donors (Lipinski definition) is 0. The van der Waals surface area contributed by atoms with Gasteiger partial charge in [-0.15, -0.1) is 0 Å². The van der Waals surface area contributed by atoms with Crippen LogP contribution >= 0.6 is 0 Å². The van der Waals surface area contributed by atoms with Crippen molar-refractivity contribution >= 4 is 5.97 Å². The molecule has 0 saturated carbocycles. The molecule has 0 spiro atoms. The van der Waals surface area contributed by atoms with Gasteiger partial charge >= 0.3 is 5.97 Å². The first-order valence-corrected chi connectivity index (χ1v) is 11.3. The van der Waals surface area contributed by atoms with Gasteiger partial charge in [-0.1, -0.05) is 70.4 Å². The van der Waals surface area contributed by atoms with Gasteiger partial charge in [0.05, 0.1) is 19.8 Å². The topological polar surface area (TPSA) is 44.8 Å². The molecule has 0 bridgehead atoms. The van der Waals surface area contributed by atoms with Crippen LogP contribution in [0.25, 0.3) is 0 Å². The number of rotatable bonds is 17. The Bertz CT molecular complexity index is 361. The lowest BCUT2D eigenvalue weighted by molar-refractivity contribution is -0.155. The number of carbonyl (C=O) groups is 1. The highest BCUT2D eigenvalue weighted by molar-refractivity contribution is 5.69. The minimum absolute atomic E-state index is 0.0863. The van der Waals surface area contributed by atoms with E-state index in [1.165, 1.54) is 70.6 Å². The summed E-state index contributed by atoms with van der Waals surface area (Å²) in [6.45, 7) is 4.35. The monoisotopic (exact) mass is 382 g/mol. The lowest BCUT2D eigenvalue weighted by atomic mass is 10.1. The molecule has 4 heteroatoms. The van der Waals surface area contributed by atoms with E-state index in [-0.39, 0.29) is 12.1 Å². The lowest BCUT2D eigenvalue weighted by Crippen LogP contribution is -2.33. The summed E-state index contributed by atoms with van der Waals surface area (Å²) in [7, 11) is 0. The number of ether oxygens (including phenoxy) is 3. The molecule has 1 rings (SSSR count). The Morgan fingerprint density at radius 2 is 1.52 bits per heavy atom. The van der Waals surface area contributed by atoms with Crippen LogP contribution in [0.2, 0.25) is 0 Å². The Kier molecular flexibility index (Phi) is 16.6. The molecule has 0 aliphatic carbocycles. The van der Waals surface area contributed by atoms with E-state index in [0.29, 0.717) is 32.8 Å². The van der Waals surface area contributed by atoms with Crippen molar-refractivity contribution in [3.63, 3.8) is 0 Å². The second-order valence-corrected chi connectivity index (χ2v) is 7.59. The first kappa shape index (κ1) is 24.2. The summed E-state index contributed by atoms with van der Waals surface area (Å²) in [5.74, 6) is -0.109. The van der Waals surface area contributed by atoms with E-state index in [1.54, 1.807) is 0 Å². The molecule has 1 fully saturated rings. The predicted octanol–water partition coefficient (Wildman–Crippen LogP) is 5.98. The van der Waals surface area contributed by atoms with Crippen LogP contribution in [0.3, 0.4) is 0 Å². The van der Waals surface area contributed by atoms with Gasteiger partial charge in [-0.25, -0.2) is 0 Å². The third-order valence-corrected chi connectivity index (χ3v) is 4.96. The fourth-order valence-electron chi connectivity index (χ4n) is 3.23. The maximum absolute atomic E-state index is 11.7. The summed E-state index contributed by atoms with van der Waals surface area (Å²) in [5.41, 5.74) is 0. The van der Waals surface area contributed by atoms with Gasteiger partial charge in [0.25, 0.3) is 0 Å². The van der Waals surface area contributed by atoms with Gasteiger partial charge in [-0.3, -0.25) is 4.79 Å². The minimum Gasteiger partial charge on any atom is -0.463 e. The van der Waals surface area contributed by atoms with E-state index in [4.69, 9.17) is 14.2 Å². The van der Waals surface area contributed by atoms with E-state index in [9.17, 15) is 4.79 Å². The third-order valence-electron chi connectivity index (χ3n) is 4.96. The lowest BCUT2D eigenvalue weighted by Gasteiger charge is -2.22. The molecule has 1 atom stereocenters. The number of hydrogen-bond acceptors (Lipinski definition) is 4. The molecule has 0 aromatic carbocycles. The van der Waals surface area contributed by atoms with Gasteiger partial charge < -0.3 is 14.2 Å². The minimum atomic E-state index is -0.109. The van der Waals surface area contributed by atoms with Gasteiger partial charge in [0.2, 0.25) is 0 Å².